The molecule has 2 aromatic heterocycles. The van der Waals surface area contributed by atoms with E-state index in [4.69, 9.17) is 14.8 Å². The van der Waals surface area contributed by atoms with E-state index in [1.54, 1.807) is 0 Å². The first kappa shape index (κ1) is 35.5. The zero-order valence-corrected chi connectivity index (χ0v) is 30.0. The monoisotopic (exact) mass is 715 g/mol. The molecule has 262 valence electrons. The summed E-state index contributed by atoms with van der Waals surface area (Å²) in [5, 5.41) is 13.0. The van der Waals surface area contributed by atoms with Crippen LogP contribution in [-0.4, -0.2) is 81.8 Å². The molecule has 0 atom stereocenters. The Labute approximate surface area is 299 Å². The summed E-state index contributed by atoms with van der Waals surface area (Å²) in [6.07, 6.45) is 3.30. The highest BCUT2D eigenvalue weighted by Gasteiger charge is 2.25. The third kappa shape index (κ3) is 8.35. The van der Waals surface area contributed by atoms with Crippen LogP contribution in [0.4, 0.5) is 5.69 Å². The summed E-state index contributed by atoms with van der Waals surface area (Å²) in [4.78, 5) is 64.3. The number of nitrogens with zero attached hydrogens (tertiary/aromatic N) is 4. The van der Waals surface area contributed by atoms with Gasteiger partial charge in [-0.3, -0.25) is 29.0 Å². The highest BCUT2D eigenvalue weighted by molar-refractivity contribution is 7.14. The van der Waals surface area contributed by atoms with Crippen LogP contribution < -0.4 is 5.32 Å². The minimum Gasteiger partial charge on any atom is -0.481 e. The maximum absolute atomic E-state index is 13.5. The van der Waals surface area contributed by atoms with E-state index in [-0.39, 0.29) is 24.5 Å². The summed E-state index contributed by atoms with van der Waals surface area (Å²) in [5.41, 5.74) is 7.52. The van der Waals surface area contributed by atoms with Crippen molar-refractivity contribution in [2.45, 2.75) is 65.5 Å². The topological polar surface area (TPSA) is 142 Å². The van der Waals surface area contributed by atoms with Gasteiger partial charge in [-0.25, -0.2) is 9.97 Å². The van der Waals surface area contributed by atoms with E-state index < -0.39 is 5.97 Å². The van der Waals surface area contributed by atoms with Gasteiger partial charge < -0.3 is 15.2 Å². The maximum atomic E-state index is 13.5. The van der Waals surface area contributed by atoms with E-state index in [0.717, 1.165) is 101 Å². The Bertz CT molecular complexity index is 1900. The summed E-state index contributed by atoms with van der Waals surface area (Å²) < 4.78 is 4.81. The second-order valence-corrected chi connectivity index (χ2v) is 14.9. The first-order valence-electron chi connectivity index (χ1n) is 16.9. The fourth-order valence-electron chi connectivity index (χ4n) is 6.62. The Morgan fingerprint density at radius 2 is 1.50 bits per heavy atom. The van der Waals surface area contributed by atoms with E-state index in [1.165, 1.54) is 22.7 Å². The molecule has 0 fully saturated rings. The molecule has 2 aliphatic heterocycles. The third-order valence-corrected chi connectivity index (χ3v) is 11.6. The summed E-state index contributed by atoms with van der Waals surface area (Å²) >= 11 is 2.88. The van der Waals surface area contributed by atoms with Gasteiger partial charge in [0.2, 0.25) is 0 Å². The van der Waals surface area contributed by atoms with Gasteiger partial charge in [-0.05, 0) is 67.1 Å². The Morgan fingerprint density at radius 1 is 0.880 bits per heavy atom. The summed E-state index contributed by atoms with van der Waals surface area (Å²) in [5.74, 6) is -1.03. The first-order chi connectivity index (χ1) is 24.2. The van der Waals surface area contributed by atoms with Crippen LogP contribution in [0.5, 0.6) is 0 Å². The predicted molar refractivity (Wildman–Crippen MR) is 193 cm³/mol. The molecule has 2 N–H and O–H groups in total. The first-order valence-corrected chi connectivity index (χ1v) is 18.6. The van der Waals surface area contributed by atoms with Gasteiger partial charge in [0.05, 0.1) is 18.0 Å². The standard InChI is InChI=1S/C37H41N5O6S2/c1-23-25(19-31(44)36-39-29-12-16-41(20-32(29)49-36)14-5-11-34(45)46)7-3-8-26(23)27-9-4-10-28(24(27)2)38-35(47)37-40-30-13-17-42(21-33(30)50-37)15-6-18-48-22-43/h3-4,7-10,22H,5-6,11-21H2,1-2H3,(H,38,47)(H,45,46). The normalized spacial score (nSPS) is 14.5. The van der Waals surface area contributed by atoms with E-state index in [1.807, 2.05) is 50.2 Å². The largest absolute Gasteiger partial charge is 0.481 e. The van der Waals surface area contributed by atoms with Crippen molar-refractivity contribution in [3.05, 3.63) is 84.2 Å². The number of benzene rings is 2. The number of hydrogen-bond donors (Lipinski definition) is 2. The molecule has 4 heterocycles. The number of hydrogen-bond acceptors (Lipinski definition) is 11. The smallest absolute Gasteiger partial charge is 0.303 e. The number of aliphatic carboxylic acids is 1. The van der Waals surface area contributed by atoms with Crippen LogP contribution in [0.25, 0.3) is 11.1 Å². The van der Waals surface area contributed by atoms with Crippen molar-refractivity contribution in [3.63, 3.8) is 0 Å². The summed E-state index contributed by atoms with van der Waals surface area (Å²) in [6, 6.07) is 11.9. The lowest BCUT2D eigenvalue weighted by Crippen LogP contribution is -2.31. The van der Waals surface area contributed by atoms with Crippen LogP contribution >= 0.6 is 22.7 Å². The second-order valence-electron chi connectivity index (χ2n) is 12.8. The molecule has 0 aliphatic carbocycles. The van der Waals surface area contributed by atoms with Crippen LogP contribution in [-0.2, 0) is 46.7 Å². The van der Waals surface area contributed by atoms with Gasteiger partial charge in [0.15, 0.2) is 15.8 Å². The Hall–Kier alpha value is -4.30. The number of carboxylic acid groups (broad SMARTS) is 1. The van der Waals surface area contributed by atoms with Gasteiger partial charge >= 0.3 is 5.97 Å². The molecule has 13 heteroatoms. The number of amides is 1. The number of rotatable bonds is 15. The quantitative estimate of drug-likeness (QED) is 0.0894. The van der Waals surface area contributed by atoms with Gasteiger partial charge in [0.25, 0.3) is 12.4 Å². The number of Topliss-reactive ketones (excluding diaryl/α,β-unsaturated/α-hetero) is 1. The minimum absolute atomic E-state index is 0.0130. The fraction of sp³-hybridized carbons (Fsp3) is 0.405. The minimum atomic E-state index is -0.780. The predicted octanol–water partition coefficient (Wildman–Crippen LogP) is 5.71. The molecular formula is C37H41N5O6S2. The van der Waals surface area contributed by atoms with Gasteiger partial charge in [-0.15, -0.1) is 22.7 Å². The molecule has 0 saturated heterocycles. The van der Waals surface area contributed by atoms with Gasteiger partial charge in [-0.1, -0.05) is 30.3 Å². The average Bonchev–Trinajstić information content (AvgIpc) is 3.73. The van der Waals surface area contributed by atoms with Crippen LogP contribution in [0.1, 0.15) is 76.7 Å². The van der Waals surface area contributed by atoms with Crippen LogP contribution in [0, 0.1) is 13.8 Å². The van der Waals surface area contributed by atoms with Gasteiger partial charge in [-0.2, -0.15) is 0 Å². The van der Waals surface area contributed by atoms with Crippen LogP contribution in [0.15, 0.2) is 36.4 Å². The molecule has 6 rings (SSSR count). The molecule has 2 aromatic carbocycles. The van der Waals surface area contributed by atoms with Crippen molar-refractivity contribution in [1.29, 1.82) is 0 Å². The van der Waals surface area contributed by atoms with E-state index in [2.05, 4.69) is 20.1 Å². The average molecular weight is 716 g/mol. The highest BCUT2D eigenvalue weighted by atomic mass is 32.1. The van der Waals surface area contributed by atoms with Crippen molar-refractivity contribution < 1.29 is 29.0 Å². The van der Waals surface area contributed by atoms with E-state index in [0.29, 0.717) is 41.7 Å². The van der Waals surface area contributed by atoms with Crippen LogP contribution in [0.2, 0.25) is 0 Å². The lowest BCUT2D eigenvalue weighted by atomic mass is 9.91. The lowest BCUT2D eigenvalue weighted by Gasteiger charge is -2.25. The molecular weight excluding hydrogens is 675 g/mol. The number of ketones is 1. The number of nitrogens with one attached hydrogen (secondary N) is 1. The molecule has 0 radical (unpaired) electrons. The fourth-order valence-corrected chi connectivity index (χ4v) is 8.76. The zero-order valence-electron chi connectivity index (χ0n) is 28.3. The molecule has 0 spiro atoms. The van der Waals surface area contributed by atoms with Gasteiger partial charge in [0, 0.05) is 73.8 Å². The zero-order chi connectivity index (χ0) is 35.2. The Balaban J connectivity index is 1.11. The highest BCUT2D eigenvalue weighted by Crippen LogP contribution is 2.34. The van der Waals surface area contributed by atoms with Crippen LogP contribution in [0.3, 0.4) is 0 Å². The molecule has 1 amide bonds. The number of carbonyl (C=O) groups excluding carboxylic acids is 3. The SMILES string of the molecule is Cc1c(CC(=O)c2nc3c(s2)CN(CCCC(=O)O)CC3)cccc1-c1cccc(NC(=O)c2nc3c(s2)CN(CCCOC=O)CC3)c1C. The number of aromatic nitrogens is 2. The number of ether oxygens (including phenoxy) is 1. The Morgan fingerprint density at radius 3 is 2.18 bits per heavy atom. The van der Waals surface area contributed by atoms with Gasteiger partial charge in [0.1, 0.15) is 0 Å². The number of carbonyl (C=O) groups is 4. The van der Waals surface area contributed by atoms with E-state index >= 15 is 0 Å². The molecule has 4 aromatic rings. The molecule has 0 unspecified atom stereocenters. The van der Waals surface area contributed by atoms with Crippen molar-refractivity contribution in [1.82, 2.24) is 19.8 Å². The number of anilines is 1. The van der Waals surface area contributed by atoms with Crippen molar-refractivity contribution in [2.75, 3.05) is 38.1 Å². The molecule has 0 saturated carbocycles. The lowest BCUT2D eigenvalue weighted by molar-refractivity contribution is -0.137. The van der Waals surface area contributed by atoms with E-state index in [9.17, 15) is 19.2 Å². The van der Waals surface area contributed by atoms with Crippen molar-refractivity contribution in [2.24, 2.45) is 0 Å². The second kappa shape index (κ2) is 16.2. The molecule has 2 aliphatic rings. The molecule has 50 heavy (non-hydrogen) atoms. The van der Waals surface area contributed by atoms with Crippen molar-refractivity contribution >= 4 is 52.5 Å². The maximum Gasteiger partial charge on any atom is 0.303 e. The molecule has 11 nitrogen and oxygen atoms in total. The number of thiazole rings is 2. The molecule has 0 bridgehead atoms. The van der Waals surface area contributed by atoms with Crippen molar-refractivity contribution in [3.8, 4) is 11.1 Å². The number of fused-ring (bicyclic) bond motifs is 2. The third-order valence-electron chi connectivity index (χ3n) is 9.39. The summed E-state index contributed by atoms with van der Waals surface area (Å²) in [6.45, 7) is 9.53. The number of carboxylic acids is 1. The summed E-state index contributed by atoms with van der Waals surface area (Å²) in [7, 11) is 0. The Kier molecular flexibility index (Phi) is 11.5.